The molecule has 40 heavy (non-hydrogen) atoms. The van der Waals surface area contributed by atoms with Crippen molar-refractivity contribution in [2.75, 3.05) is 19.5 Å². The molecule has 0 amide bonds. The zero-order valence-corrected chi connectivity index (χ0v) is 23.3. The van der Waals surface area contributed by atoms with Crippen molar-refractivity contribution in [3.8, 4) is 0 Å². The lowest BCUT2D eigenvalue weighted by molar-refractivity contribution is -0.0428. The molecule has 1 saturated heterocycles. The molecule has 2 heterocycles. The van der Waals surface area contributed by atoms with E-state index in [2.05, 4.69) is 4.98 Å². The molecule has 0 aliphatic carbocycles. The summed E-state index contributed by atoms with van der Waals surface area (Å²) in [6, 6.07) is 16.4. The minimum atomic E-state index is -4.05. The molecule has 4 atom stereocenters. The molecule has 0 bridgehead atoms. The van der Waals surface area contributed by atoms with Gasteiger partial charge in [-0.25, -0.2) is 19.4 Å². The lowest BCUT2D eigenvalue weighted by Gasteiger charge is -2.23. The summed E-state index contributed by atoms with van der Waals surface area (Å²) < 4.78 is 52.0. The smallest absolute Gasteiger partial charge is 0.357 e. The van der Waals surface area contributed by atoms with Crippen LogP contribution in [0.4, 0.5) is 0 Å². The Morgan fingerprint density at radius 3 is 2.10 bits per heavy atom. The largest absolute Gasteiger partial charge is 0.461 e. The number of carbonyl (C=O) groups is 3. The number of thiazole rings is 1. The van der Waals surface area contributed by atoms with Crippen LogP contribution < -0.4 is 0 Å². The minimum Gasteiger partial charge on any atom is -0.461 e. The van der Waals surface area contributed by atoms with E-state index in [-0.39, 0.29) is 30.9 Å². The second-order valence-corrected chi connectivity index (χ2v) is 11.3. The van der Waals surface area contributed by atoms with Gasteiger partial charge in [0.25, 0.3) is 10.1 Å². The fourth-order valence-electron chi connectivity index (χ4n) is 4.02. The first-order valence-corrected chi connectivity index (χ1v) is 15.0. The number of aromatic nitrogens is 1. The number of carbonyl (C=O) groups excluding carboxylic acids is 3. The number of rotatable bonds is 11. The molecule has 212 valence electrons. The molecule has 1 aliphatic rings. The first-order valence-electron chi connectivity index (χ1n) is 12.3. The van der Waals surface area contributed by atoms with Crippen molar-refractivity contribution in [1.29, 1.82) is 0 Å². The van der Waals surface area contributed by atoms with E-state index in [1.165, 1.54) is 5.38 Å². The van der Waals surface area contributed by atoms with Gasteiger partial charge in [0, 0.05) is 11.8 Å². The summed E-state index contributed by atoms with van der Waals surface area (Å²) in [6.45, 7) is 1.50. The Morgan fingerprint density at radius 2 is 1.50 bits per heavy atom. The molecule has 2 aromatic carbocycles. The number of hydrogen-bond acceptors (Lipinski definition) is 12. The third-order valence-electron chi connectivity index (χ3n) is 5.75. The number of ether oxygens (including phenoxy) is 4. The highest BCUT2D eigenvalue weighted by atomic mass is 32.2. The lowest BCUT2D eigenvalue weighted by atomic mass is 10.1. The highest BCUT2D eigenvalue weighted by Gasteiger charge is 2.50. The number of benzene rings is 2. The van der Waals surface area contributed by atoms with Gasteiger partial charge in [-0.05, 0) is 31.2 Å². The Labute approximate surface area is 235 Å². The van der Waals surface area contributed by atoms with Crippen LogP contribution in [-0.2, 0) is 39.7 Å². The predicted octanol–water partition coefficient (Wildman–Crippen LogP) is 3.06. The number of esters is 3. The van der Waals surface area contributed by atoms with E-state index in [9.17, 15) is 22.8 Å². The van der Waals surface area contributed by atoms with Crippen LogP contribution in [0.2, 0.25) is 0 Å². The van der Waals surface area contributed by atoms with E-state index in [1.807, 2.05) is 0 Å². The Balaban J connectivity index is 1.59. The van der Waals surface area contributed by atoms with Crippen LogP contribution in [0.5, 0.6) is 0 Å². The average molecular weight is 590 g/mol. The van der Waals surface area contributed by atoms with E-state index in [0.29, 0.717) is 10.6 Å². The lowest BCUT2D eigenvalue weighted by Crippen LogP contribution is -2.42. The molecule has 4 rings (SSSR count). The summed E-state index contributed by atoms with van der Waals surface area (Å²) in [4.78, 5) is 41.9. The van der Waals surface area contributed by atoms with Gasteiger partial charge in [0.2, 0.25) is 0 Å². The zero-order valence-electron chi connectivity index (χ0n) is 21.6. The van der Waals surface area contributed by atoms with Gasteiger partial charge < -0.3 is 18.9 Å². The minimum absolute atomic E-state index is 0.0206. The van der Waals surface area contributed by atoms with E-state index >= 15 is 0 Å². The van der Waals surface area contributed by atoms with E-state index in [0.717, 1.165) is 17.6 Å². The molecule has 0 radical (unpaired) electrons. The molecule has 1 aromatic heterocycles. The van der Waals surface area contributed by atoms with Crippen molar-refractivity contribution >= 4 is 39.4 Å². The summed E-state index contributed by atoms with van der Waals surface area (Å²) >= 11 is 1.15. The average Bonchev–Trinajstić information content (AvgIpc) is 3.53. The van der Waals surface area contributed by atoms with Crippen molar-refractivity contribution in [3.05, 3.63) is 87.9 Å². The molecule has 0 spiro atoms. The SMILES string of the molecule is CCOC(=O)c1csc(C[C@H]2O[C@H](COC(=O)c3ccccc3)[C@@H](OC(=O)c3ccccc3)[C@@H]2OS(C)(=O)=O)n1. The molecular weight excluding hydrogens is 562 g/mol. The van der Waals surface area contributed by atoms with Crippen molar-refractivity contribution in [3.63, 3.8) is 0 Å². The highest BCUT2D eigenvalue weighted by molar-refractivity contribution is 7.86. The van der Waals surface area contributed by atoms with Crippen LogP contribution in [0.25, 0.3) is 0 Å². The maximum atomic E-state index is 13.0. The third-order valence-corrected chi connectivity index (χ3v) is 7.19. The summed E-state index contributed by atoms with van der Waals surface area (Å²) in [5.41, 5.74) is 0.622. The van der Waals surface area contributed by atoms with Gasteiger partial charge in [-0.3, -0.25) is 4.18 Å². The second-order valence-electron chi connectivity index (χ2n) is 8.73. The normalized spacial score (nSPS) is 20.6. The molecule has 11 nitrogen and oxygen atoms in total. The van der Waals surface area contributed by atoms with E-state index < -0.39 is 52.4 Å². The van der Waals surface area contributed by atoms with Crippen molar-refractivity contribution in [2.24, 2.45) is 0 Å². The van der Waals surface area contributed by atoms with Crippen LogP contribution in [0.3, 0.4) is 0 Å². The summed E-state index contributed by atoms with van der Waals surface area (Å²) in [5.74, 6) is -1.97. The summed E-state index contributed by atoms with van der Waals surface area (Å²) in [7, 11) is -4.05. The molecular formula is C27H27NO10S2. The van der Waals surface area contributed by atoms with Crippen molar-refractivity contribution in [2.45, 2.75) is 37.8 Å². The third kappa shape index (κ3) is 7.72. The molecule has 0 N–H and O–H groups in total. The molecule has 1 aliphatic heterocycles. The Kier molecular flexibility index (Phi) is 9.63. The number of nitrogens with zero attached hydrogens (tertiary/aromatic N) is 1. The van der Waals surface area contributed by atoms with Crippen LogP contribution >= 0.6 is 11.3 Å². The Hall–Kier alpha value is -3.65. The molecule has 3 aromatic rings. The van der Waals surface area contributed by atoms with Crippen LogP contribution in [-0.4, -0.2) is 75.2 Å². The van der Waals surface area contributed by atoms with Gasteiger partial charge in [0.1, 0.15) is 18.8 Å². The zero-order chi connectivity index (χ0) is 28.7. The van der Waals surface area contributed by atoms with E-state index in [4.69, 9.17) is 23.1 Å². The first kappa shape index (κ1) is 29.3. The van der Waals surface area contributed by atoms with Crippen LogP contribution in [0.1, 0.15) is 43.1 Å². The maximum absolute atomic E-state index is 13.0. The predicted molar refractivity (Wildman–Crippen MR) is 143 cm³/mol. The van der Waals surface area contributed by atoms with Crippen LogP contribution in [0, 0.1) is 0 Å². The fourth-order valence-corrected chi connectivity index (χ4v) is 5.46. The van der Waals surface area contributed by atoms with Gasteiger partial charge in [0.15, 0.2) is 11.8 Å². The fraction of sp³-hybridized carbons (Fsp3) is 0.333. The molecule has 0 unspecified atom stereocenters. The van der Waals surface area contributed by atoms with Crippen molar-refractivity contribution < 1.29 is 45.9 Å². The van der Waals surface area contributed by atoms with Gasteiger partial charge in [-0.1, -0.05) is 36.4 Å². The van der Waals surface area contributed by atoms with Gasteiger partial charge in [0.05, 0.1) is 35.1 Å². The van der Waals surface area contributed by atoms with Gasteiger partial charge in [-0.2, -0.15) is 8.42 Å². The molecule has 13 heteroatoms. The molecule has 1 fully saturated rings. The summed E-state index contributed by atoms with van der Waals surface area (Å²) in [6.07, 6.45) is -3.72. The van der Waals surface area contributed by atoms with E-state index in [1.54, 1.807) is 67.6 Å². The maximum Gasteiger partial charge on any atom is 0.357 e. The molecule has 0 saturated carbocycles. The quantitative estimate of drug-likeness (QED) is 0.185. The van der Waals surface area contributed by atoms with Gasteiger partial charge in [-0.15, -0.1) is 11.3 Å². The Bertz CT molecular complexity index is 1430. The monoisotopic (exact) mass is 589 g/mol. The topological polar surface area (TPSA) is 144 Å². The highest BCUT2D eigenvalue weighted by Crippen LogP contribution is 2.32. The summed E-state index contributed by atoms with van der Waals surface area (Å²) in [5, 5.41) is 1.95. The first-order chi connectivity index (χ1) is 19.1. The standard InChI is InChI=1S/C27H27NO10S2/c1-3-34-27(31)19-16-39-22(28-19)14-20-24(38-40(2,32)33)23(37-26(30)18-12-8-5-9-13-18)21(36-20)15-35-25(29)17-10-6-4-7-11-17/h4-13,16,20-21,23-24H,3,14-15H2,1-2H3/t20-,21-,23-,24-/m1/s1. The van der Waals surface area contributed by atoms with Crippen molar-refractivity contribution in [1.82, 2.24) is 4.98 Å². The Morgan fingerprint density at radius 1 is 0.875 bits per heavy atom. The number of hydrogen-bond donors (Lipinski definition) is 0. The van der Waals surface area contributed by atoms with Gasteiger partial charge >= 0.3 is 17.9 Å². The second kappa shape index (κ2) is 13.1. The van der Waals surface area contributed by atoms with Crippen LogP contribution in [0.15, 0.2) is 66.0 Å².